The van der Waals surface area contributed by atoms with Crippen LogP contribution in [0.15, 0.2) is 0 Å². The first kappa shape index (κ1) is 25.2. The Labute approximate surface area is 184 Å². The lowest BCUT2D eigenvalue weighted by atomic mass is 9.38. The second-order valence-electron chi connectivity index (χ2n) is 12.3. The first-order valence-electron chi connectivity index (χ1n) is 13.2. The standard InChI is InChI=1S/C28H55N/c1-10-13-18-24(4,5)26(7)20-15-22-29-23-16-21-27(8,28(26,29)9)25(6,17-12-3)19-14-11-2/h10-23H2,1-9H3. The molecule has 0 aromatic carbocycles. The maximum atomic E-state index is 2.99. The fraction of sp³-hybridized carbons (Fsp3) is 1.00. The van der Waals surface area contributed by atoms with Crippen LogP contribution in [0, 0.1) is 21.7 Å². The van der Waals surface area contributed by atoms with Gasteiger partial charge >= 0.3 is 0 Å². The zero-order valence-electron chi connectivity index (χ0n) is 21.8. The van der Waals surface area contributed by atoms with Crippen LogP contribution >= 0.6 is 0 Å². The van der Waals surface area contributed by atoms with E-state index in [-0.39, 0.29) is 5.54 Å². The van der Waals surface area contributed by atoms with Crippen LogP contribution in [-0.4, -0.2) is 23.5 Å². The van der Waals surface area contributed by atoms with Gasteiger partial charge in [-0.1, -0.05) is 87.5 Å². The molecule has 0 saturated carbocycles. The van der Waals surface area contributed by atoms with Crippen molar-refractivity contribution < 1.29 is 0 Å². The molecule has 4 unspecified atom stereocenters. The molecule has 0 aliphatic carbocycles. The van der Waals surface area contributed by atoms with Crippen LogP contribution in [0.5, 0.6) is 0 Å². The fourth-order valence-corrected chi connectivity index (χ4v) is 8.18. The highest BCUT2D eigenvalue weighted by Crippen LogP contribution is 2.69. The second kappa shape index (κ2) is 9.22. The molecular formula is C28H55N. The van der Waals surface area contributed by atoms with Crippen molar-refractivity contribution in [1.29, 1.82) is 0 Å². The molecule has 172 valence electrons. The van der Waals surface area contributed by atoms with Crippen molar-refractivity contribution in [3.8, 4) is 0 Å². The van der Waals surface area contributed by atoms with Crippen molar-refractivity contribution in [3.05, 3.63) is 0 Å². The molecule has 2 aliphatic heterocycles. The Hall–Kier alpha value is -0.0400. The van der Waals surface area contributed by atoms with E-state index in [1.54, 1.807) is 0 Å². The topological polar surface area (TPSA) is 3.24 Å². The Balaban J connectivity index is 2.62. The molecule has 0 aromatic heterocycles. The zero-order chi connectivity index (χ0) is 22.0. The van der Waals surface area contributed by atoms with Crippen LogP contribution in [0.2, 0.25) is 0 Å². The summed E-state index contributed by atoms with van der Waals surface area (Å²) in [6, 6.07) is 0. The van der Waals surface area contributed by atoms with Crippen molar-refractivity contribution in [1.82, 2.24) is 4.90 Å². The molecule has 0 aromatic rings. The van der Waals surface area contributed by atoms with E-state index in [0.717, 1.165) is 0 Å². The smallest absolute Gasteiger partial charge is 0.0298 e. The van der Waals surface area contributed by atoms with Crippen molar-refractivity contribution in [2.75, 3.05) is 13.1 Å². The predicted octanol–water partition coefficient (Wildman–Crippen LogP) is 8.86. The van der Waals surface area contributed by atoms with Gasteiger partial charge in [0.1, 0.15) is 0 Å². The lowest BCUT2D eigenvalue weighted by Gasteiger charge is -2.74. The average Bonchev–Trinajstić information content (AvgIpc) is 2.67. The van der Waals surface area contributed by atoms with Crippen LogP contribution < -0.4 is 0 Å². The second-order valence-corrected chi connectivity index (χ2v) is 12.3. The molecule has 0 spiro atoms. The molecule has 2 fully saturated rings. The summed E-state index contributed by atoms with van der Waals surface area (Å²) in [6.07, 6.45) is 16.5. The molecule has 0 bridgehead atoms. The molecular weight excluding hydrogens is 350 g/mol. The molecule has 1 heteroatoms. The van der Waals surface area contributed by atoms with Crippen molar-refractivity contribution in [3.63, 3.8) is 0 Å². The normalized spacial score (nSPS) is 35.9. The minimum atomic E-state index is 0.283. The number of fused-ring (bicyclic) bond motifs is 1. The molecule has 0 amide bonds. The van der Waals surface area contributed by atoms with E-state index in [1.165, 1.54) is 90.1 Å². The average molecular weight is 406 g/mol. The van der Waals surface area contributed by atoms with Gasteiger partial charge in [0, 0.05) is 5.54 Å². The lowest BCUT2D eigenvalue weighted by Crippen LogP contribution is -2.76. The maximum absolute atomic E-state index is 2.99. The molecule has 29 heavy (non-hydrogen) atoms. The molecule has 2 aliphatic rings. The molecule has 0 N–H and O–H groups in total. The van der Waals surface area contributed by atoms with Gasteiger partial charge < -0.3 is 0 Å². The monoisotopic (exact) mass is 405 g/mol. The predicted molar refractivity (Wildman–Crippen MR) is 131 cm³/mol. The van der Waals surface area contributed by atoms with Crippen LogP contribution in [0.4, 0.5) is 0 Å². The fourth-order valence-electron chi connectivity index (χ4n) is 8.18. The van der Waals surface area contributed by atoms with E-state index in [1.807, 2.05) is 0 Å². The third-order valence-corrected chi connectivity index (χ3v) is 10.9. The Bertz CT molecular complexity index is 522. The van der Waals surface area contributed by atoms with Crippen molar-refractivity contribution >= 4 is 0 Å². The van der Waals surface area contributed by atoms with E-state index >= 15 is 0 Å². The summed E-state index contributed by atoms with van der Waals surface area (Å²) < 4.78 is 0. The first-order valence-corrected chi connectivity index (χ1v) is 13.2. The van der Waals surface area contributed by atoms with Gasteiger partial charge in [-0.25, -0.2) is 0 Å². The van der Waals surface area contributed by atoms with Crippen LogP contribution in [-0.2, 0) is 0 Å². The summed E-state index contributed by atoms with van der Waals surface area (Å²) in [4.78, 5) is 2.99. The van der Waals surface area contributed by atoms with Crippen LogP contribution in [0.25, 0.3) is 0 Å². The first-order chi connectivity index (χ1) is 13.5. The zero-order valence-corrected chi connectivity index (χ0v) is 21.8. The molecule has 4 atom stereocenters. The summed E-state index contributed by atoms with van der Waals surface area (Å²) in [6.45, 7) is 25.9. The highest BCUT2D eigenvalue weighted by atomic mass is 15.2. The summed E-state index contributed by atoms with van der Waals surface area (Å²) in [7, 11) is 0. The van der Waals surface area contributed by atoms with Gasteiger partial charge in [-0.2, -0.15) is 0 Å². The van der Waals surface area contributed by atoms with E-state index in [4.69, 9.17) is 0 Å². The number of hydrogen-bond donors (Lipinski definition) is 0. The Morgan fingerprint density at radius 3 is 1.72 bits per heavy atom. The number of rotatable bonds is 10. The molecule has 2 heterocycles. The Kier molecular flexibility index (Phi) is 8.02. The van der Waals surface area contributed by atoms with Gasteiger partial charge in [0.15, 0.2) is 0 Å². The summed E-state index contributed by atoms with van der Waals surface area (Å²) in [5.41, 5.74) is 1.84. The largest absolute Gasteiger partial charge is 0.297 e. The quantitative estimate of drug-likeness (QED) is 0.351. The highest BCUT2D eigenvalue weighted by Gasteiger charge is 2.68. The van der Waals surface area contributed by atoms with Crippen LogP contribution in [0.1, 0.15) is 139 Å². The van der Waals surface area contributed by atoms with E-state index < -0.39 is 0 Å². The SMILES string of the molecule is CCCCC(C)(C)C1(C)CCCN2CCCC(C)(C(C)(CCC)CCCC)C21C. The van der Waals surface area contributed by atoms with Gasteiger partial charge in [-0.15, -0.1) is 0 Å². The number of nitrogens with zero attached hydrogens (tertiary/aromatic N) is 1. The summed E-state index contributed by atoms with van der Waals surface area (Å²) in [5.74, 6) is 0. The van der Waals surface area contributed by atoms with Crippen molar-refractivity contribution in [2.24, 2.45) is 21.7 Å². The number of unbranched alkanes of at least 4 members (excludes halogenated alkanes) is 2. The minimum Gasteiger partial charge on any atom is -0.297 e. The number of piperidine rings is 2. The molecule has 1 nitrogen and oxygen atoms in total. The van der Waals surface area contributed by atoms with Gasteiger partial charge in [0.05, 0.1) is 0 Å². The molecule has 0 radical (unpaired) electrons. The van der Waals surface area contributed by atoms with E-state index in [2.05, 4.69) is 67.2 Å². The van der Waals surface area contributed by atoms with Gasteiger partial charge in [-0.3, -0.25) is 4.90 Å². The van der Waals surface area contributed by atoms with Crippen molar-refractivity contribution in [2.45, 2.75) is 145 Å². The third-order valence-electron chi connectivity index (χ3n) is 10.9. The highest BCUT2D eigenvalue weighted by molar-refractivity contribution is 5.21. The van der Waals surface area contributed by atoms with Gasteiger partial charge in [0.25, 0.3) is 0 Å². The third kappa shape index (κ3) is 3.85. The minimum absolute atomic E-state index is 0.283. The lowest BCUT2D eigenvalue weighted by molar-refractivity contribution is -0.236. The summed E-state index contributed by atoms with van der Waals surface area (Å²) >= 11 is 0. The molecule has 2 rings (SSSR count). The molecule has 2 saturated heterocycles. The van der Waals surface area contributed by atoms with Gasteiger partial charge in [-0.05, 0) is 86.6 Å². The van der Waals surface area contributed by atoms with E-state index in [0.29, 0.717) is 21.7 Å². The maximum Gasteiger partial charge on any atom is 0.0298 e. The van der Waals surface area contributed by atoms with Crippen LogP contribution in [0.3, 0.4) is 0 Å². The summed E-state index contributed by atoms with van der Waals surface area (Å²) in [5, 5.41) is 0. The van der Waals surface area contributed by atoms with Gasteiger partial charge in [0.2, 0.25) is 0 Å². The number of hydrogen-bond acceptors (Lipinski definition) is 1. The Morgan fingerprint density at radius 2 is 1.21 bits per heavy atom. The Morgan fingerprint density at radius 1 is 0.690 bits per heavy atom. The van der Waals surface area contributed by atoms with E-state index in [9.17, 15) is 0 Å².